The van der Waals surface area contributed by atoms with Gasteiger partial charge in [0.1, 0.15) is 0 Å². The summed E-state index contributed by atoms with van der Waals surface area (Å²) in [4.78, 5) is 15.4. The summed E-state index contributed by atoms with van der Waals surface area (Å²) in [7, 11) is 3.23. The van der Waals surface area contributed by atoms with Gasteiger partial charge in [-0.3, -0.25) is 9.79 Å². The van der Waals surface area contributed by atoms with Gasteiger partial charge in [-0.2, -0.15) is 0 Å². The summed E-state index contributed by atoms with van der Waals surface area (Å²) < 4.78 is 4.65. The van der Waals surface area contributed by atoms with Crippen molar-refractivity contribution in [3.05, 3.63) is 35.9 Å². The van der Waals surface area contributed by atoms with Crippen LogP contribution in [-0.2, 0) is 14.9 Å². The highest BCUT2D eigenvalue weighted by Crippen LogP contribution is 2.40. The second-order valence-electron chi connectivity index (χ2n) is 6.74. The molecule has 2 N–H and O–H groups in total. The molecule has 0 aromatic heterocycles. The molecule has 1 aliphatic carbocycles. The molecule has 0 amide bonds. The van der Waals surface area contributed by atoms with Crippen molar-refractivity contribution in [1.82, 2.24) is 10.6 Å². The van der Waals surface area contributed by atoms with E-state index in [0.29, 0.717) is 6.42 Å². The first-order valence-electron chi connectivity index (χ1n) is 9.27. The number of methoxy groups -OCH3 is 1. The van der Waals surface area contributed by atoms with Crippen LogP contribution < -0.4 is 10.6 Å². The molecule has 146 valence electrons. The van der Waals surface area contributed by atoms with E-state index in [1.807, 2.05) is 0 Å². The molecule has 0 heterocycles. The Morgan fingerprint density at radius 3 is 2.46 bits per heavy atom. The van der Waals surface area contributed by atoms with E-state index in [-0.39, 0.29) is 35.4 Å². The molecule has 1 aromatic rings. The number of nitrogens with one attached hydrogen (secondary N) is 2. The van der Waals surface area contributed by atoms with Crippen molar-refractivity contribution >= 4 is 35.9 Å². The van der Waals surface area contributed by atoms with Gasteiger partial charge in [-0.05, 0) is 31.2 Å². The third-order valence-electron chi connectivity index (χ3n) is 5.09. The Morgan fingerprint density at radius 1 is 1.15 bits per heavy atom. The third kappa shape index (κ3) is 6.78. The molecule has 0 atom stereocenters. The molecule has 2 rings (SSSR count). The van der Waals surface area contributed by atoms with E-state index >= 15 is 0 Å². The highest BCUT2D eigenvalue weighted by atomic mass is 127. The molecule has 5 nitrogen and oxygen atoms in total. The highest BCUT2D eigenvalue weighted by Gasteiger charge is 2.35. The average molecular weight is 473 g/mol. The van der Waals surface area contributed by atoms with Crippen LogP contribution in [0.4, 0.5) is 0 Å². The summed E-state index contributed by atoms with van der Waals surface area (Å²) in [6.07, 6.45) is 7.23. The Hall–Kier alpha value is -1.31. The monoisotopic (exact) mass is 473 g/mol. The molecule has 0 radical (unpaired) electrons. The third-order valence-corrected chi connectivity index (χ3v) is 5.09. The van der Waals surface area contributed by atoms with Crippen LogP contribution in [0.25, 0.3) is 0 Å². The second-order valence-corrected chi connectivity index (χ2v) is 6.74. The van der Waals surface area contributed by atoms with Gasteiger partial charge < -0.3 is 15.4 Å². The van der Waals surface area contributed by atoms with E-state index in [0.717, 1.165) is 31.9 Å². The number of benzene rings is 1. The van der Waals surface area contributed by atoms with E-state index < -0.39 is 0 Å². The number of carbonyl (C=O) groups is 1. The minimum atomic E-state index is -0.145. The van der Waals surface area contributed by atoms with Gasteiger partial charge in [0.05, 0.1) is 7.11 Å². The molecular formula is C20H32IN3O2. The van der Waals surface area contributed by atoms with Crippen molar-refractivity contribution in [1.29, 1.82) is 0 Å². The number of unbranched alkanes of at least 4 members (excludes halogenated alkanes) is 1. The number of rotatable bonds is 8. The number of esters is 1. The number of hydrogen-bond donors (Lipinski definition) is 2. The minimum absolute atomic E-state index is 0. The number of guanidine groups is 1. The maximum Gasteiger partial charge on any atom is 0.305 e. The van der Waals surface area contributed by atoms with Gasteiger partial charge in [0.2, 0.25) is 0 Å². The maximum atomic E-state index is 11.1. The maximum absolute atomic E-state index is 11.1. The van der Waals surface area contributed by atoms with Gasteiger partial charge in [0.15, 0.2) is 5.96 Å². The first-order chi connectivity index (χ1) is 12.2. The number of aliphatic imine (C=N–C) groups is 1. The van der Waals surface area contributed by atoms with Crippen molar-refractivity contribution in [2.75, 3.05) is 27.2 Å². The molecule has 0 aliphatic heterocycles. The standard InChI is InChI=1S/C20H31N3O2.HI/c1-21-19(22-15-9-6-12-18(24)25-2)23-16-20(13-7-8-14-20)17-10-4-3-5-11-17;/h3-5,10-11H,6-9,12-16H2,1-2H3,(H2,21,22,23);1H. The molecule has 0 saturated heterocycles. The summed E-state index contributed by atoms with van der Waals surface area (Å²) >= 11 is 0. The molecule has 26 heavy (non-hydrogen) atoms. The average Bonchev–Trinajstić information content (AvgIpc) is 3.14. The summed E-state index contributed by atoms with van der Waals surface area (Å²) in [6, 6.07) is 10.8. The summed E-state index contributed by atoms with van der Waals surface area (Å²) in [5.74, 6) is 0.689. The zero-order chi connectivity index (χ0) is 18.0. The number of ether oxygens (including phenoxy) is 1. The highest BCUT2D eigenvalue weighted by molar-refractivity contribution is 14.0. The molecule has 0 spiro atoms. The van der Waals surface area contributed by atoms with E-state index in [1.165, 1.54) is 38.4 Å². The van der Waals surface area contributed by atoms with Crippen molar-refractivity contribution in [2.45, 2.75) is 50.4 Å². The van der Waals surface area contributed by atoms with Gasteiger partial charge in [-0.1, -0.05) is 43.2 Å². The number of halogens is 1. The summed E-state index contributed by atoms with van der Waals surface area (Å²) in [5, 5.41) is 6.85. The molecule has 0 unspecified atom stereocenters. The molecule has 6 heteroatoms. The fourth-order valence-corrected chi connectivity index (χ4v) is 3.59. The molecule has 0 bridgehead atoms. The van der Waals surface area contributed by atoms with Crippen molar-refractivity contribution in [3.8, 4) is 0 Å². The van der Waals surface area contributed by atoms with Crippen LogP contribution in [0, 0.1) is 0 Å². The van der Waals surface area contributed by atoms with E-state index in [2.05, 4.69) is 50.7 Å². The molecule has 1 aliphatic rings. The van der Waals surface area contributed by atoms with E-state index in [9.17, 15) is 4.79 Å². The van der Waals surface area contributed by atoms with Gasteiger partial charge >= 0.3 is 5.97 Å². The smallest absolute Gasteiger partial charge is 0.305 e. The lowest BCUT2D eigenvalue weighted by Crippen LogP contribution is -2.45. The Morgan fingerprint density at radius 2 is 1.85 bits per heavy atom. The predicted molar refractivity (Wildman–Crippen MR) is 117 cm³/mol. The van der Waals surface area contributed by atoms with Crippen LogP contribution in [0.2, 0.25) is 0 Å². The van der Waals surface area contributed by atoms with Crippen LogP contribution in [0.1, 0.15) is 50.5 Å². The number of carbonyl (C=O) groups excluding carboxylic acids is 1. The lowest BCUT2D eigenvalue weighted by atomic mass is 9.79. The zero-order valence-electron chi connectivity index (χ0n) is 15.9. The van der Waals surface area contributed by atoms with Crippen molar-refractivity contribution in [3.63, 3.8) is 0 Å². The van der Waals surface area contributed by atoms with E-state index in [1.54, 1.807) is 7.05 Å². The Balaban J connectivity index is 0.00000338. The summed E-state index contributed by atoms with van der Waals surface area (Å²) in [5.41, 5.74) is 1.64. The Bertz CT molecular complexity index is 557. The van der Waals surface area contributed by atoms with Crippen LogP contribution >= 0.6 is 24.0 Å². The second kappa shape index (κ2) is 12.1. The van der Waals surface area contributed by atoms with Crippen LogP contribution in [0.5, 0.6) is 0 Å². The molecule has 1 saturated carbocycles. The fraction of sp³-hybridized carbons (Fsp3) is 0.600. The van der Waals surface area contributed by atoms with E-state index in [4.69, 9.17) is 0 Å². The topological polar surface area (TPSA) is 62.7 Å². The minimum Gasteiger partial charge on any atom is -0.469 e. The van der Waals surface area contributed by atoms with Crippen molar-refractivity contribution in [2.24, 2.45) is 4.99 Å². The van der Waals surface area contributed by atoms with Gasteiger partial charge in [0.25, 0.3) is 0 Å². The SMILES string of the molecule is CN=C(NCCCCC(=O)OC)NCC1(c2ccccc2)CCCC1.I. The quantitative estimate of drug-likeness (QED) is 0.199. The normalized spacial score (nSPS) is 15.8. The van der Waals surface area contributed by atoms with Gasteiger partial charge in [-0.25, -0.2) is 0 Å². The van der Waals surface area contributed by atoms with Gasteiger partial charge in [-0.15, -0.1) is 24.0 Å². The number of hydrogen-bond acceptors (Lipinski definition) is 3. The molecule has 1 fully saturated rings. The summed E-state index contributed by atoms with van der Waals surface area (Å²) in [6.45, 7) is 1.70. The first-order valence-corrected chi connectivity index (χ1v) is 9.27. The largest absolute Gasteiger partial charge is 0.469 e. The predicted octanol–water partition coefficient (Wildman–Crippen LogP) is 3.62. The van der Waals surface area contributed by atoms with Gasteiger partial charge in [0, 0.05) is 32.0 Å². The fourth-order valence-electron chi connectivity index (χ4n) is 3.59. The van der Waals surface area contributed by atoms with Crippen molar-refractivity contribution < 1.29 is 9.53 Å². The molecular weight excluding hydrogens is 441 g/mol. The van der Waals surface area contributed by atoms with Crippen LogP contribution in [-0.4, -0.2) is 39.2 Å². The van der Waals surface area contributed by atoms with Crippen LogP contribution in [0.15, 0.2) is 35.3 Å². The van der Waals surface area contributed by atoms with Crippen LogP contribution in [0.3, 0.4) is 0 Å². The Labute approximate surface area is 174 Å². The Kier molecular flexibility index (Phi) is 10.6. The lowest BCUT2D eigenvalue weighted by molar-refractivity contribution is -0.140. The first kappa shape index (κ1) is 22.7. The lowest BCUT2D eigenvalue weighted by Gasteiger charge is -2.30. The molecule has 1 aromatic carbocycles. The zero-order valence-corrected chi connectivity index (χ0v) is 18.3. The number of nitrogens with zero attached hydrogens (tertiary/aromatic N) is 1.